The zero-order valence-corrected chi connectivity index (χ0v) is 14.8. The number of carbonyl (C=O) groups excluding carboxylic acids is 2. The highest BCUT2D eigenvalue weighted by atomic mass is 19.3. The minimum atomic E-state index is -2.99. The van der Waals surface area contributed by atoms with Gasteiger partial charge in [-0.25, -0.2) is 4.39 Å². The summed E-state index contributed by atoms with van der Waals surface area (Å²) >= 11 is 0. The van der Waals surface area contributed by atoms with E-state index in [1.165, 1.54) is 25.1 Å². The van der Waals surface area contributed by atoms with Crippen molar-refractivity contribution in [2.24, 2.45) is 0 Å². The van der Waals surface area contributed by atoms with Crippen molar-refractivity contribution < 1.29 is 27.5 Å². The van der Waals surface area contributed by atoms with Crippen molar-refractivity contribution in [1.82, 2.24) is 5.32 Å². The second-order valence-corrected chi connectivity index (χ2v) is 5.73. The number of amides is 2. The van der Waals surface area contributed by atoms with Gasteiger partial charge in [0.1, 0.15) is 11.6 Å². The number of halogens is 3. The lowest BCUT2D eigenvalue weighted by Gasteiger charge is -2.20. The number of benzene rings is 2. The standard InChI is InChI=1S/C19H19F3N2O3/c1-3-15(13-6-4-5-7-17(13)27-19(21)22)24-18(26)12-8-9-14(20)16(10-12)23-11(2)25/h4-10,15,19H,3H2,1-2H3,(H,23,25)(H,24,26). The van der Waals surface area contributed by atoms with Crippen LogP contribution in [0.25, 0.3) is 0 Å². The number of para-hydroxylation sites is 1. The lowest BCUT2D eigenvalue weighted by atomic mass is 10.0. The van der Waals surface area contributed by atoms with E-state index in [0.717, 1.165) is 6.07 Å². The molecule has 0 radical (unpaired) electrons. The molecule has 0 fully saturated rings. The van der Waals surface area contributed by atoms with E-state index in [4.69, 9.17) is 0 Å². The first-order chi connectivity index (χ1) is 12.8. The Morgan fingerprint density at radius 1 is 1.15 bits per heavy atom. The summed E-state index contributed by atoms with van der Waals surface area (Å²) in [7, 11) is 0. The Bertz CT molecular complexity index is 828. The molecule has 0 heterocycles. The van der Waals surface area contributed by atoms with E-state index in [1.807, 2.05) is 0 Å². The molecular weight excluding hydrogens is 361 g/mol. The van der Waals surface area contributed by atoms with Gasteiger partial charge in [0.15, 0.2) is 0 Å². The van der Waals surface area contributed by atoms with E-state index in [1.54, 1.807) is 25.1 Å². The van der Waals surface area contributed by atoms with Gasteiger partial charge in [-0.15, -0.1) is 0 Å². The Labute approximate surface area is 154 Å². The third-order valence-corrected chi connectivity index (χ3v) is 3.76. The minimum absolute atomic E-state index is 0.0299. The smallest absolute Gasteiger partial charge is 0.387 e. The van der Waals surface area contributed by atoms with Gasteiger partial charge in [0.25, 0.3) is 5.91 Å². The maximum atomic E-state index is 13.7. The van der Waals surface area contributed by atoms with Crippen molar-refractivity contribution in [3.8, 4) is 5.75 Å². The van der Waals surface area contributed by atoms with Crippen molar-refractivity contribution in [3.05, 3.63) is 59.4 Å². The molecule has 0 aliphatic heterocycles. The molecule has 2 amide bonds. The summed E-state index contributed by atoms with van der Waals surface area (Å²) in [4.78, 5) is 23.7. The van der Waals surface area contributed by atoms with E-state index >= 15 is 0 Å². The van der Waals surface area contributed by atoms with Gasteiger partial charge in [-0.1, -0.05) is 25.1 Å². The van der Waals surface area contributed by atoms with E-state index in [0.29, 0.717) is 12.0 Å². The highest BCUT2D eigenvalue weighted by molar-refractivity contribution is 5.97. The average molecular weight is 380 g/mol. The van der Waals surface area contributed by atoms with Crippen LogP contribution in [-0.4, -0.2) is 18.4 Å². The van der Waals surface area contributed by atoms with Crippen molar-refractivity contribution in [1.29, 1.82) is 0 Å². The van der Waals surface area contributed by atoms with E-state index in [9.17, 15) is 22.8 Å². The molecule has 0 saturated carbocycles. The van der Waals surface area contributed by atoms with Crippen LogP contribution in [0.4, 0.5) is 18.9 Å². The average Bonchev–Trinajstić information content (AvgIpc) is 2.61. The Hall–Kier alpha value is -3.03. The first kappa shape index (κ1) is 20.3. The van der Waals surface area contributed by atoms with Crippen LogP contribution in [0, 0.1) is 5.82 Å². The van der Waals surface area contributed by atoms with Gasteiger partial charge in [0, 0.05) is 18.1 Å². The molecule has 5 nitrogen and oxygen atoms in total. The summed E-state index contributed by atoms with van der Waals surface area (Å²) in [5, 5.41) is 5.01. The molecule has 0 bridgehead atoms. The molecule has 0 aliphatic carbocycles. The molecule has 0 spiro atoms. The van der Waals surface area contributed by atoms with Crippen LogP contribution in [0.1, 0.15) is 42.2 Å². The van der Waals surface area contributed by atoms with Crippen molar-refractivity contribution in [3.63, 3.8) is 0 Å². The third-order valence-electron chi connectivity index (χ3n) is 3.76. The van der Waals surface area contributed by atoms with Crippen molar-refractivity contribution in [2.75, 3.05) is 5.32 Å². The van der Waals surface area contributed by atoms with Crippen LogP contribution in [0.5, 0.6) is 5.75 Å². The highest BCUT2D eigenvalue weighted by Gasteiger charge is 2.20. The van der Waals surface area contributed by atoms with Crippen LogP contribution in [-0.2, 0) is 4.79 Å². The monoisotopic (exact) mass is 380 g/mol. The quantitative estimate of drug-likeness (QED) is 0.754. The van der Waals surface area contributed by atoms with Crippen LogP contribution in [0.3, 0.4) is 0 Å². The molecule has 1 unspecified atom stereocenters. The number of rotatable bonds is 7. The Morgan fingerprint density at radius 2 is 1.85 bits per heavy atom. The first-order valence-electron chi connectivity index (χ1n) is 8.23. The molecular formula is C19H19F3N2O3. The van der Waals surface area contributed by atoms with Gasteiger partial charge in [0.2, 0.25) is 5.91 Å². The molecule has 2 N–H and O–H groups in total. The summed E-state index contributed by atoms with van der Waals surface area (Å²) < 4.78 is 43.4. The zero-order chi connectivity index (χ0) is 20.0. The first-order valence-corrected chi connectivity index (χ1v) is 8.23. The number of hydrogen-bond acceptors (Lipinski definition) is 3. The van der Waals surface area contributed by atoms with Gasteiger partial charge in [-0.3, -0.25) is 9.59 Å². The summed E-state index contributed by atoms with van der Waals surface area (Å²) in [6.45, 7) is 0.00757. The summed E-state index contributed by atoms with van der Waals surface area (Å²) in [6, 6.07) is 9.12. The van der Waals surface area contributed by atoms with Gasteiger partial charge < -0.3 is 15.4 Å². The third kappa shape index (κ3) is 5.47. The largest absolute Gasteiger partial charge is 0.434 e. The van der Waals surface area contributed by atoms with E-state index in [-0.39, 0.29) is 17.0 Å². The Balaban J connectivity index is 2.24. The molecule has 8 heteroatoms. The molecule has 27 heavy (non-hydrogen) atoms. The SMILES string of the molecule is CCC(NC(=O)c1ccc(F)c(NC(C)=O)c1)c1ccccc1OC(F)F. The zero-order valence-electron chi connectivity index (χ0n) is 14.8. The summed E-state index contributed by atoms with van der Waals surface area (Å²) in [6.07, 6.45) is 0.412. The molecule has 0 saturated heterocycles. The lowest BCUT2D eigenvalue weighted by Crippen LogP contribution is -2.28. The molecule has 1 atom stereocenters. The fraction of sp³-hybridized carbons (Fsp3) is 0.263. The molecule has 0 aliphatic rings. The summed E-state index contributed by atoms with van der Waals surface area (Å²) in [5.41, 5.74) is 0.397. The number of ether oxygens (including phenoxy) is 1. The number of carbonyl (C=O) groups is 2. The van der Waals surface area contributed by atoms with Crippen LogP contribution in [0.15, 0.2) is 42.5 Å². The Kier molecular flexibility index (Phi) is 6.81. The van der Waals surface area contributed by atoms with Crippen LogP contribution >= 0.6 is 0 Å². The second-order valence-electron chi connectivity index (χ2n) is 5.73. The maximum absolute atomic E-state index is 13.7. The Morgan fingerprint density at radius 3 is 2.48 bits per heavy atom. The van der Waals surface area contributed by atoms with Crippen LogP contribution < -0.4 is 15.4 Å². The number of nitrogens with one attached hydrogen (secondary N) is 2. The fourth-order valence-corrected chi connectivity index (χ4v) is 2.56. The van der Waals surface area contributed by atoms with Gasteiger partial charge in [-0.05, 0) is 30.7 Å². The van der Waals surface area contributed by atoms with Crippen molar-refractivity contribution in [2.45, 2.75) is 32.9 Å². The number of alkyl halides is 2. The van der Waals surface area contributed by atoms with Gasteiger partial charge >= 0.3 is 6.61 Å². The molecule has 0 aromatic heterocycles. The second kappa shape index (κ2) is 9.07. The molecule has 144 valence electrons. The predicted molar refractivity (Wildman–Crippen MR) is 94.3 cm³/mol. The summed E-state index contributed by atoms with van der Waals surface area (Å²) in [5.74, 6) is -1.72. The van der Waals surface area contributed by atoms with Crippen molar-refractivity contribution >= 4 is 17.5 Å². The molecule has 2 aromatic carbocycles. The minimum Gasteiger partial charge on any atom is -0.434 e. The van der Waals surface area contributed by atoms with Gasteiger partial charge in [-0.2, -0.15) is 8.78 Å². The number of anilines is 1. The van der Waals surface area contributed by atoms with Crippen LogP contribution in [0.2, 0.25) is 0 Å². The fourth-order valence-electron chi connectivity index (χ4n) is 2.56. The highest BCUT2D eigenvalue weighted by Crippen LogP contribution is 2.29. The topological polar surface area (TPSA) is 67.4 Å². The molecule has 2 rings (SSSR count). The maximum Gasteiger partial charge on any atom is 0.387 e. The van der Waals surface area contributed by atoms with Gasteiger partial charge in [0.05, 0.1) is 11.7 Å². The van der Waals surface area contributed by atoms with E-state index < -0.39 is 30.3 Å². The predicted octanol–water partition coefficient (Wildman–Crippen LogP) is 4.27. The van der Waals surface area contributed by atoms with E-state index in [2.05, 4.69) is 15.4 Å². The normalized spacial score (nSPS) is 11.8. The number of hydrogen-bond donors (Lipinski definition) is 2. The lowest BCUT2D eigenvalue weighted by molar-refractivity contribution is -0.114. The molecule has 2 aromatic rings.